The Hall–Kier alpha value is -0.870. The summed E-state index contributed by atoms with van der Waals surface area (Å²) >= 11 is 0. The molecule has 2 rings (SSSR count). The Balaban J connectivity index is 1.80. The van der Waals surface area contributed by atoms with Gasteiger partial charge in [0.1, 0.15) is 5.82 Å². The highest BCUT2D eigenvalue weighted by Crippen LogP contribution is 2.19. The number of imidazole rings is 1. The normalized spacial score (nSPS) is 24.7. The maximum atomic E-state index is 4.38. The van der Waals surface area contributed by atoms with E-state index in [-0.39, 0.29) is 0 Å². The summed E-state index contributed by atoms with van der Waals surface area (Å²) in [5.74, 6) is 2.05. The molecule has 102 valence electrons. The molecule has 4 nitrogen and oxygen atoms in total. The van der Waals surface area contributed by atoms with Crippen molar-refractivity contribution in [2.75, 3.05) is 20.1 Å². The predicted octanol–water partition coefficient (Wildman–Crippen LogP) is 1.63. The lowest BCUT2D eigenvalue weighted by atomic mass is 9.90. The van der Waals surface area contributed by atoms with Crippen LogP contribution in [0.4, 0.5) is 0 Å². The maximum Gasteiger partial charge on any atom is 0.122 e. The second kappa shape index (κ2) is 6.34. The molecule has 0 spiro atoms. The molecular formula is C14H26N4. The molecule has 2 heterocycles. The Labute approximate surface area is 110 Å². The molecule has 0 aromatic carbocycles. The summed E-state index contributed by atoms with van der Waals surface area (Å²) in [5.41, 5.74) is 0. The molecule has 0 saturated carbocycles. The summed E-state index contributed by atoms with van der Waals surface area (Å²) < 4.78 is 2.10. The molecule has 1 N–H and O–H groups in total. The van der Waals surface area contributed by atoms with Gasteiger partial charge in [0.15, 0.2) is 0 Å². The fourth-order valence-electron chi connectivity index (χ4n) is 2.84. The Morgan fingerprint density at radius 1 is 1.56 bits per heavy atom. The van der Waals surface area contributed by atoms with Crippen LogP contribution in [-0.4, -0.2) is 40.6 Å². The molecule has 1 fully saturated rings. The number of aromatic nitrogens is 2. The average Bonchev–Trinajstić information content (AvgIpc) is 2.75. The number of nitrogens with zero attached hydrogens (tertiary/aromatic N) is 3. The molecule has 1 aromatic heterocycles. The maximum absolute atomic E-state index is 4.38. The van der Waals surface area contributed by atoms with Crippen LogP contribution in [0.3, 0.4) is 0 Å². The van der Waals surface area contributed by atoms with Crippen molar-refractivity contribution < 1.29 is 0 Å². The van der Waals surface area contributed by atoms with Crippen LogP contribution in [0.25, 0.3) is 0 Å². The quantitative estimate of drug-likeness (QED) is 0.862. The molecule has 1 aromatic rings. The second-order valence-electron chi connectivity index (χ2n) is 5.60. The topological polar surface area (TPSA) is 33.1 Å². The summed E-state index contributed by atoms with van der Waals surface area (Å²) in [4.78, 5) is 6.75. The third kappa shape index (κ3) is 3.56. The van der Waals surface area contributed by atoms with E-state index >= 15 is 0 Å². The number of hydrogen-bond acceptors (Lipinski definition) is 3. The average molecular weight is 250 g/mol. The van der Waals surface area contributed by atoms with Gasteiger partial charge >= 0.3 is 0 Å². The molecule has 0 radical (unpaired) electrons. The van der Waals surface area contributed by atoms with Crippen molar-refractivity contribution in [1.82, 2.24) is 19.8 Å². The fourth-order valence-corrected chi connectivity index (χ4v) is 2.84. The van der Waals surface area contributed by atoms with Gasteiger partial charge in [-0.1, -0.05) is 13.3 Å². The first-order valence-corrected chi connectivity index (χ1v) is 7.07. The van der Waals surface area contributed by atoms with E-state index in [0.29, 0.717) is 6.04 Å². The zero-order valence-corrected chi connectivity index (χ0v) is 11.9. The highest BCUT2D eigenvalue weighted by molar-refractivity contribution is 4.91. The molecule has 2 unspecified atom stereocenters. The van der Waals surface area contributed by atoms with Crippen LogP contribution < -0.4 is 5.32 Å². The zero-order valence-electron chi connectivity index (χ0n) is 11.9. The Bertz CT molecular complexity index is 360. The number of rotatable bonds is 5. The monoisotopic (exact) mass is 250 g/mol. The van der Waals surface area contributed by atoms with Crippen molar-refractivity contribution in [1.29, 1.82) is 0 Å². The summed E-state index contributed by atoms with van der Waals surface area (Å²) in [6.07, 6.45) is 7.86. The molecule has 2 atom stereocenters. The first kappa shape index (κ1) is 13.6. The van der Waals surface area contributed by atoms with Crippen molar-refractivity contribution in [3.8, 4) is 0 Å². The number of hydrogen-bond donors (Lipinski definition) is 1. The van der Waals surface area contributed by atoms with Gasteiger partial charge in [-0.15, -0.1) is 0 Å². The first-order valence-electron chi connectivity index (χ1n) is 7.07. The van der Waals surface area contributed by atoms with Gasteiger partial charge in [0.25, 0.3) is 0 Å². The lowest BCUT2D eigenvalue weighted by Crippen LogP contribution is -2.44. The number of likely N-dealkylation sites (N-methyl/N-ethyl adjacent to an activating group) is 1. The van der Waals surface area contributed by atoms with Crippen LogP contribution in [0, 0.1) is 5.92 Å². The van der Waals surface area contributed by atoms with Crippen molar-refractivity contribution >= 4 is 0 Å². The van der Waals surface area contributed by atoms with Crippen LogP contribution in [-0.2, 0) is 13.6 Å². The van der Waals surface area contributed by atoms with E-state index in [0.717, 1.165) is 24.8 Å². The van der Waals surface area contributed by atoms with E-state index in [1.165, 1.54) is 25.8 Å². The summed E-state index contributed by atoms with van der Waals surface area (Å²) in [5, 5.41) is 3.64. The van der Waals surface area contributed by atoms with Crippen LogP contribution in [0.15, 0.2) is 12.4 Å². The highest BCUT2D eigenvalue weighted by atomic mass is 15.2. The fraction of sp³-hybridized carbons (Fsp3) is 0.786. The molecular weight excluding hydrogens is 224 g/mol. The summed E-state index contributed by atoms with van der Waals surface area (Å²) in [6, 6.07) is 0.647. The lowest BCUT2D eigenvalue weighted by Gasteiger charge is -2.32. The van der Waals surface area contributed by atoms with Crippen LogP contribution >= 0.6 is 0 Å². The Morgan fingerprint density at radius 3 is 3.06 bits per heavy atom. The van der Waals surface area contributed by atoms with Crippen LogP contribution in [0.5, 0.6) is 0 Å². The second-order valence-corrected chi connectivity index (χ2v) is 5.60. The van der Waals surface area contributed by atoms with Crippen molar-refractivity contribution in [2.24, 2.45) is 13.0 Å². The molecule has 1 aliphatic heterocycles. The summed E-state index contributed by atoms with van der Waals surface area (Å²) in [7, 11) is 4.24. The van der Waals surface area contributed by atoms with Gasteiger partial charge in [-0.3, -0.25) is 4.90 Å². The van der Waals surface area contributed by atoms with Gasteiger partial charge in [0.05, 0.1) is 6.54 Å². The Kier molecular flexibility index (Phi) is 4.78. The van der Waals surface area contributed by atoms with Gasteiger partial charge in [-0.2, -0.15) is 0 Å². The largest absolute Gasteiger partial charge is 0.337 e. The Morgan fingerprint density at radius 2 is 2.39 bits per heavy atom. The summed E-state index contributed by atoms with van der Waals surface area (Å²) in [6.45, 7) is 5.53. The van der Waals surface area contributed by atoms with Crippen LogP contribution in [0.2, 0.25) is 0 Å². The van der Waals surface area contributed by atoms with Gasteiger partial charge in [0.2, 0.25) is 0 Å². The van der Waals surface area contributed by atoms with Gasteiger partial charge in [-0.05, 0) is 32.4 Å². The SMILES string of the molecule is CCC1CCNC(CN(C)Cc2nccn2C)C1. The van der Waals surface area contributed by atoms with E-state index in [1.54, 1.807) is 0 Å². The van der Waals surface area contributed by atoms with Crippen molar-refractivity contribution in [2.45, 2.75) is 38.8 Å². The first-order chi connectivity index (χ1) is 8.69. The lowest BCUT2D eigenvalue weighted by molar-refractivity contribution is 0.217. The number of piperidine rings is 1. The minimum Gasteiger partial charge on any atom is -0.337 e. The number of aryl methyl sites for hydroxylation is 1. The molecule has 18 heavy (non-hydrogen) atoms. The highest BCUT2D eigenvalue weighted by Gasteiger charge is 2.21. The predicted molar refractivity (Wildman–Crippen MR) is 74.3 cm³/mol. The van der Waals surface area contributed by atoms with Crippen molar-refractivity contribution in [3.05, 3.63) is 18.2 Å². The molecule has 1 aliphatic rings. The minimum atomic E-state index is 0.647. The smallest absolute Gasteiger partial charge is 0.122 e. The molecule has 0 bridgehead atoms. The molecule has 0 amide bonds. The van der Waals surface area contributed by atoms with Crippen LogP contribution in [0.1, 0.15) is 32.0 Å². The molecule has 0 aliphatic carbocycles. The van der Waals surface area contributed by atoms with Gasteiger partial charge in [-0.25, -0.2) is 4.98 Å². The standard InChI is InChI=1S/C14H26N4/c1-4-12-5-6-15-13(9-12)10-17(2)11-14-16-7-8-18(14)3/h7-8,12-13,15H,4-6,9-11H2,1-3H3. The third-order valence-electron chi connectivity index (χ3n) is 4.05. The van der Waals surface area contributed by atoms with E-state index in [1.807, 2.05) is 12.4 Å². The van der Waals surface area contributed by atoms with Gasteiger partial charge < -0.3 is 9.88 Å². The van der Waals surface area contributed by atoms with Crippen molar-refractivity contribution in [3.63, 3.8) is 0 Å². The number of nitrogens with one attached hydrogen (secondary N) is 1. The zero-order chi connectivity index (χ0) is 13.0. The minimum absolute atomic E-state index is 0.647. The van der Waals surface area contributed by atoms with Gasteiger partial charge in [0, 0.05) is 32.0 Å². The third-order valence-corrected chi connectivity index (χ3v) is 4.05. The molecule has 1 saturated heterocycles. The van der Waals surface area contributed by atoms with E-state index in [4.69, 9.17) is 0 Å². The molecule has 4 heteroatoms. The van der Waals surface area contributed by atoms with E-state index < -0.39 is 0 Å². The van der Waals surface area contributed by atoms with E-state index in [9.17, 15) is 0 Å². The van der Waals surface area contributed by atoms with E-state index in [2.05, 4.69) is 40.8 Å².